The van der Waals surface area contributed by atoms with Gasteiger partial charge in [0, 0.05) is 55.2 Å². The Kier molecular flexibility index (Phi) is 5.93. The van der Waals surface area contributed by atoms with Crippen LogP contribution in [0.25, 0.3) is 16.6 Å². The smallest absolute Gasteiger partial charge is 0.341 e. The number of aromatic nitrogens is 9. The Balaban J connectivity index is 1.11. The van der Waals surface area contributed by atoms with Gasteiger partial charge in [-0.05, 0) is 35.4 Å². The molecule has 0 amide bonds. The normalized spacial score (nSPS) is 14.9. The van der Waals surface area contributed by atoms with Crippen LogP contribution in [0.3, 0.4) is 0 Å². The number of alkyl halides is 3. The van der Waals surface area contributed by atoms with Crippen molar-refractivity contribution in [1.82, 2.24) is 44.7 Å². The zero-order valence-electron chi connectivity index (χ0n) is 19.8. The van der Waals surface area contributed by atoms with Gasteiger partial charge in [-0.2, -0.15) is 13.2 Å². The summed E-state index contributed by atoms with van der Waals surface area (Å²) in [5.74, 6) is 0.0531. The third-order valence-corrected chi connectivity index (χ3v) is 6.63. The molecule has 4 aromatic heterocycles. The van der Waals surface area contributed by atoms with Crippen molar-refractivity contribution < 1.29 is 17.6 Å². The molecule has 1 saturated heterocycles. The number of hydrogen-bond donors (Lipinski definition) is 0. The SMILES string of the molecule is Fc1cc(-n2cnnn2)cc2ccn(Cc3cnc(C4CCN(c5ncc(C(F)(F)F)cn5)CC4)cn3)c12. The van der Waals surface area contributed by atoms with E-state index >= 15 is 0 Å². The molecule has 10 nitrogen and oxygen atoms in total. The summed E-state index contributed by atoms with van der Waals surface area (Å²) in [4.78, 5) is 18.8. The molecule has 0 atom stereocenters. The van der Waals surface area contributed by atoms with Crippen LogP contribution in [-0.2, 0) is 12.7 Å². The van der Waals surface area contributed by atoms with E-state index in [1.54, 1.807) is 23.2 Å². The maximum atomic E-state index is 15.0. The zero-order chi connectivity index (χ0) is 26.3. The van der Waals surface area contributed by atoms with E-state index in [-0.39, 0.29) is 11.9 Å². The minimum absolute atomic E-state index is 0.164. The third-order valence-electron chi connectivity index (χ3n) is 6.63. The lowest BCUT2D eigenvalue weighted by molar-refractivity contribution is -0.138. The average Bonchev–Trinajstić information content (AvgIpc) is 3.60. The molecule has 1 aliphatic heterocycles. The number of piperidine rings is 1. The van der Waals surface area contributed by atoms with E-state index in [1.165, 1.54) is 17.1 Å². The van der Waals surface area contributed by atoms with Crippen LogP contribution in [-0.4, -0.2) is 57.8 Å². The highest BCUT2D eigenvalue weighted by Gasteiger charge is 2.32. The highest BCUT2D eigenvalue weighted by atomic mass is 19.4. The molecule has 0 saturated carbocycles. The lowest BCUT2D eigenvalue weighted by Crippen LogP contribution is -2.34. The lowest BCUT2D eigenvalue weighted by atomic mass is 9.94. The van der Waals surface area contributed by atoms with E-state index in [9.17, 15) is 17.6 Å². The Hall–Kier alpha value is -4.49. The molecule has 1 aromatic carbocycles. The van der Waals surface area contributed by atoms with E-state index in [0.717, 1.165) is 30.9 Å². The van der Waals surface area contributed by atoms with Crippen LogP contribution in [0, 0.1) is 5.82 Å². The molecule has 1 aliphatic rings. The van der Waals surface area contributed by atoms with E-state index in [4.69, 9.17) is 0 Å². The summed E-state index contributed by atoms with van der Waals surface area (Å²) >= 11 is 0. The minimum Gasteiger partial charge on any atom is -0.341 e. The molecule has 1 fully saturated rings. The first-order valence-electron chi connectivity index (χ1n) is 11.8. The summed E-state index contributed by atoms with van der Waals surface area (Å²) in [6.07, 6.45) is 5.29. The number of hydrogen-bond acceptors (Lipinski definition) is 8. The van der Waals surface area contributed by atoms with Gasteiger partial charge in [0.1, 0.15) is 12.1 Å². The number of tetrazole rings is 1. The largest absolute Gasteiger partial charge is 0.419 e. The Morgan fingerprint density at radius 2 is 1.74 bits per heavy atom. The van der Waals surface area contributed by atoms with Gasteiger partial charge in [-0.25, -0.2) is 19.0 Å². The summed E-state index contributed by atoms with van der Waals surface area (Å²) in [5, 5.41) is 11.7. The third kappa shape index (κ3) is 4.64. The Labute approximate surface area is 213 Å². The average molecular weight is 524 g/mol. The van der Waals surface area contributed by atoms with Crippen molar-refractivity contribution in [3.8, 4) is 5.69 Å². The molecular weight excluding hydrogens is 504 g/mol. The molecule has 194 valence electrons. The van der Waals surface area contributed by atoms with Crippen LogP contribution < -0.4 is 4.90 Å². The molecule has 0 bridgehead atoms. The van der Waals surface area contributed by atoms with Crippen LogP contribution >= 0.6 is 0 Å². The highest BCUT2D eigenvalue weighted by Crippen LogP contribution is 2.31. The monoisotopic (exact) mass is 524 g/mol. The van der Waals surface area contributed by atoms with Gasteiger partial charge in [-0.1, -0.05) is 0 Å². The van der Waals surface area contributed by atoms with Gasteiger partial charge >= 0.3 is 6.18 Å². The number of halogens is 4. The van der Waals surface area contributed by atoms with Gasteiger partial charge in [0.05, 0.1) is 40.9 Å². The van der Waals surface area contributed by atoms with Gasteiger partial charge in [-0.15, -0.1) is 5.10 Å². The molecule has 5 heterocycles. The van der Waals surface area contributed by atoms with E-state index in [1.807, 2.05) is 17.0 Å². The van der Waals surface area contributed by atoms with E-state index < -0.39 is 17.6 Å². The van der Waals surface area contributed by atoms with Crippen LogP contribution in [0.4, 0.5) is 23.5 Å². The lowest BCUT2D eigenvalue weighted by Gasteiger charge is -2.31. The van der Waals surface area contributed by atoms with Gasteiger partial charge in [0.2, 0.25) is 5.95 Å². The van der Waals surface area contributed by atoms with Crippen molar-refractivity contribution in [2.75, 3.05) is 18.0 Å². The Morgan fingerprint density at radius 3 is 2.39 bits per heavy atom. The fourth-order valence-electron chi connectivity index (χ4n) is 4.66. The molecule has 0 spiro atoms. The molecule has 38 heavy (non-hydrogen) atoms. The summed E-state index contributed by atoms with van der Waals surface area (Å²) in [6.45, 7) is 1.54. The van der Waals surface area contributed by atoms with Crippen LogP contribution in [0.1, 0.15) is 35.7 Å². The first-order chi connectivity index (χ1) is 18.3. The van der Waals surface area contributed by atoms with E-state index in [2.05, 4.69) is 35.5 Å². The summed E-state index contributed by atoms with van der Waals surface area (Å²) < 4.78 is 56.4. The van der Waals surface area contributed by atoms with Crippen molar-refractivity contribution >= 4 is 16.9 Å². The summed E-state index contributed by atoms with van der Waals surface area (Å²) in [7, 11) is 0. The quantitative estimate of drug-likeness (QED) is 0.320. The first kappa shape index (κ1) is 23.9. The van der Waals surface area contributed by atoms with Crippen molar-refractivity contribution in [3.63, 3.8) is 0 Å². The molecule has 0 N–H and O–H groups in total. The van der Waals surface area contributed by atoms with Gasteiger partial charge in [-0.3, -0.25) is 9.97 Å². The predicted octanol–water partition coefficient (Wildman–Crippen LogP) is 3.79. The second-order valence-corrected chi connectivity index (χ2v) is 9.03. The maximum absolute atomic E-state index is 15.0. The Morgan fingerprint density at radius 1 is 0.947 bits per heavy atom. The molecular formula is C24H20F4N10. The second-order valence-electron chi connectivity index (χ2n) is 9.03. The Bertz CT molecular complexity index is 1540. The molecule has 5 aromatic rings. The molecule has 0 radical (unpaired) electrons. The second kappa shape index (κ2) is 9.43. The maximum Gasteiger partial charge on any atom is 0.419 e. The van der Waals surface area contributed by atoms with Crippen molar-refractivity contribution in [3.05, 3.63) is 78.3 Å². The van der Waals surface area contributed by atoms with Crippen molar-refractivity contribution in [2.24, 2.45) is 0 Å². The topological polar surface area (TPSA) is 103 Å². The molecule has 14 heteroatoms. The van der Waals surface area contributed by atoms with Crippen molar-refractivity contribution in [2.45, 2.75) is 31.5 Å². The van der Waals surface area contributed by atoms with Crippen molar-refractivity contribution in [1.29, 1.82) is 0 Å². The highest BCUT2D eigenvalue weighted by molar-refractivity contribution is 5.83. The fraction of sp³-hybridized carbons (Fsp3) is 0.292. The van der Waals surface area contributed by atoms with E-state index in [0.29, 0.717) is 41.9 Å². The molecule has 0 unspecified atom stereocenters. The van der Waals surface area contributed by atoms with Gasteiger partial charge in [0.15, 0.2) is 0 Å². The van der Waals surface area contributed by atoms with Crippen LogP contribution in [0.15, 0.2) is 55.5 Å². The number of benzene rings is 1. The number of fused-ring (bicyclic) bond motifs is 1. The number of nitrogens with zero attached hydrogens (tertiary/aromatic N) is 10. The minimum atomic E-state index is -4.46. The first-order valence-corrected chi connectivity index (χ1v) is 11.8. The van der Waals surface area contributed by atoms with Gasteiger partial charge in [0.25, 0.3) is 0 Å². The van der Waals surface area contributed by atoms with Gasteiger partial charge < -0.3 is 9.47 Å². The predicted molar refractivity (Wildman–Crippen MR) is 127 cm³/mol. The number of anilines is 1. The molecule has 0 aliphatic carbocycles. The molecule has 6 rings (SSSR count). The summed E-state index contributed by atoms with van der Waals surface area (Å²) in [5.41, 5.74) is 1.64. The fourth-order valence-corrected chi connectivity index (χ4v) is 4.66. The summed E-state index contributed by atoms with van der Waals surface area (Å²) in [6, 6.07) is 5.01. The van der Waals surface area contributed by atoms with Crippen LogP contribution in [0.5, 0.6) is 0 Å². The zero-order valence-corrected chi connectivity index (χ0v) is 19.8. The number of rotatable bonds is 5. The standard InChI is InChI=1S/C24H20F4N10/c25-20-8-19(38-14-33-34-35-38)7-16-3-6-37(22(16)20)13-18-11-30-21(12-29-18)15-1-4-36(5-2-15)23-31-9-17(10-32-23)24(26,27)28/h3,6-12,14-15H,1-2,4-5,13H2. The van der Waals surface area contributed by atoms with Crippen LogP contribution in [0.2, 0.25) is 0 Å².